The van der Waals surface area contributed by atoms with Crippen LogP contribution in [0.4, 0.5) is 0 Å². The summed E-state index contributed by atoms with van der Waals surface area (Å²) in [5.41, 5.74) is 1.90. The van der Waals surface area contributed by atoms with Crippen molar-refractivity contribution in [1.29, 1.82) is 0 Å². The molecule has 5 heteroatoms. The molecule has 0 saturated carbocycles. The van der Waals surface area contributed by atoms with Crippen LogP contribution in [0.3, 0.4) is 0 Å². The number of hydrogen-bond donors (Lipinski definition) is 2. The third kappa shape index (κ3) is 2.34. The minimum atomic E-state index is -3.57. The van der Waals surface area contributed by atoms with Gasteiger partial charge in [-0.1, -0.05) is 31.7 Å². The van der Waals surface area contributed by atoms with E-state index >= 15 is 0 Å². The molecular weight excluding hydrogens is 262 g/mol. The van der Waals surface area contributed by atoms with Gasteiger partial charge in [-0.05, 0) is 35.4 Å². The molecule has 0 fully saturated rings. The fourth-order valence-electron chi connectivity index (χ4n) is 2.06. The van der Waals surface area contributed by atoms with Crippen molar-refractivity contribution in [2.24, 2.45) is 0 Å². The zero-order valence-corrected chi connectivity index (χ0v) is 10.2. The second-order valence-electron chi connectivity index (χ2n) is 4.21. The van der Waals surface area contributed by atoms with E-state index in [9.17, 15) is 8.42 Å². The predicted octanol–water partition coefficient (Wildman–Crippen LogP) is 2.11. The highest BCUT2D eigenvalue weighted by molar-refractivity contribution is 7.89. The smallest absolute Gasteiger partial charge is 0.241 e. The maximum absolute atomic E-state index is 12.1. The van der Waals surface area contributed by atoms with E-state index in [2.05, 4.69) is 4.72 Å². The number of phenols is 1. The Balaban J connectivity index is 0.00000133. The molecule has 0 atom stereocenters. The zero-order chi connectivity index (χ0) is 12.8. The lowest BCUT2D eigenvalue weighted by molar-refractivity contribution is 0.474. The third-order valence-corrected chi connectivity index (χ3v) is 4.46. The Morgan fingerprint density at radius 3 is 2.00 bits per heavy atom. The third-order valence-electron chi connectivity index (χ3n) is 3.02. The van der Waals surface area contributed by atoms with Gasteiger partial charge in [-0.25, -0.2) is 8.42 Å². The molecule has 2 aliphatic carbocycles. The van der Waals surface area contributed by atoms with Crippen LogP contribution in [-0.2, 0) is 10.0 Å². The monoisotopic (exact) mass is 277 g/mol. The van der Waals surface area contributed by atoms with Crippen molar-refractivity contribution in [3.05, 3.63) is 59.7 Å². The van der Waals surface area contributed by atoms with E-state index in [4.69, 9.17) is 5.11 Å². The molecule has 2 N–H and O–H groups in total. The number of allylic oxidation sites excluding steroid dienone is 2. The minimum absolute atomic E-state index is 0. The summed E-state index contributed by atoms with van der Waals surface area (Å²) in [5, 5.41) is 9.16. The SMILES string of the molecule is C.O=S(=O)(NC1C2=CC=C1C=C2)c1ccc(O)cc1. The maximum atomic E-state index is 12.1. The van der Waals surface area contributed by atoms with Gasteiger partial charge in [0.1, 0.15) is 5.75 Å². The number of rotatable bonds is 3. The number of hydrogen-bond acceptors (Lipinski definition) is 3. The van der Waals surface area contributed by atoms with E-state index in [1.807, 2.05) is 24.3 Å². The summed E-state index contributed by atoms with van der Waals surface area (Å²) in [4.78, 5) is 0.146. The Bertz CT molecular complexity index is 660. The Labute approximate surface area is 112 Å². The molecule has 0 unspecified atom stereocenters. The topological polar surface area (TPSA) is 66.4 Å². The fraction of sp³-hybridized carbons (Fsp3) is 0.143. The van der Waals surface area contributed by atoms with Crippen LogP contribution in [0.1, 0.15) is 7.43 Å². The number of benzene rings is 1. The van der Waals surface area contributed by atoms with Crippen LogP contribution in [0, 0.1) is 0 Å². The first-order valence-electron chi connectivity index (χ1n) is 5.47. The second-order valence-corrected chi connectivity index (χ2v) is 5.93. The lowest BCUT2D eigenvalue weighted by Crippen LogP contribution is -2.34. The van der Waals surface area contributed by atoms with Crippen molar-refractivity contribution < 1.29 is 13.5 Å². The summed E-state index contributed by atoms with van der Waals surface area (Å²) in [5.74, 6) is 0.0435. The molecule has 0 aliphatic heterocycles. The first-order valence-corrected chi connectivity index (χ1v) is 6.96. The van der Waals surface area contributed by atoms with Gasteiger partial charge in [0.2, 0.25) is 10.0 Å². The van der Waals surface area contributed by atoms with Crippen LogP contribution in [-0.4, -0.2) is 19.6 Å². The molecule has 19 heavy (non-hydrogen) atoms. The molecule has 4 nitrogen and oxygen atoms in total. The van der Waals surface area contributed by atoms with Crippen molar-refractivity contribution in [3.8, 4) is 5.75 Å². The fourth-order valence-corrected chi connectivity index (χ4v) is 3.27. The molecule has 0 saturated heterocycles. The Kier molecular flexibility index (Phi) is 3.34. The Morgan fingerprint density at radius 2 is 1.53 bits per heavy atom. The molecule has 2 aliphatic rings. The molecule has 0 aromatic heterocycles. The largest absolute Gasteiger partial charge is 0.508 e. The lowest BCUT2D eigenvalue weighted by atomic mass is 10.2. The highest BCUT2D eigenvalue weighted by Gasteiger charge is 2.29. The number of aromatic hydroxyl groups is 1. The lowest BCUT2D eigenvalue weighted by Gasteiger charge is -2.13. The van der Waals surface area contributed by atoms with Crippen LogP contribution in [0.2, 0.25) is 0 Å². The van der Waals surface area contributed by atoms with Gasteiger partial charge in [0, 0.05) is 0 Å². The molecule has 3 rings (SSSR count). The van der Waals surface area contributed by atoms with Crippen LogP contribution in [0.15, 0.2) is 64.6 Å². The Morgan fingerprint density at radius 1 is 1.00 bits per heavy atom. The maximum Gasteiger partial charge on any atom is 0.241 e. The predicted molar refractivity (Wildman–Crippen MR) is 74.3 cm³/mol. The van der Waals surface area contributed by atoms with E-state index in [1.165, 1.54) is 24.3 Å². The molecule has 0 spiro atoms. The standard InChI is InChI=1S/C13H11NO3S.CH4/c15-11-5-7-12(8-6-11)18(16,17)14-13-9-1-2-10(13)4-3-9;/h1-8,13-15H;1H4. The number of fused-ring (bicyclic) bond motifs is 2. The van der Waals surface area contributed by atoms with Gasteiger partial charge in [-0.15, -0.1) is 0 Å². The van der Waals surface area contributed by atoms with Gasteiger partial charge in [0.15, 0.2) is 0 Å². The normalized spacial score (nSPS) is 17.1. The van der Waals surface area contributed by atoms with Gasteiger partial charge in [0.05, 0.1) is 10.9 Å². The van der Waals surface area contributed by atoms with Crippen LogP contribution < -0.4 is 4.72 Å². The average Bonchev–Trinajstić information content (AvgIpc) is 2.89. The molecular formula is C14H15NO3S. The van der Waals surface area contributed by atoms with Crippen molar-refractivity contribution in [2.45, 2.75) is 18.4 Å². The van der Waals surface area contributed by atoms with Crippen molar-refractivity contribution in [3.63, 3.8) is 0 Å². The second kappa shape index (κ2) is 4.68. The molecule has 0 heterocycles. The summed E-state index contributed by atoms with van der Waals surface area (Å²) in [6.07, 6.45) is 7.61. The zero-order valence-electron chi connectivity index (χ0n) is 9.37. The van der Waals surface area contributed by atoms with E-state index in [-0.39, 0.29) is 24.1 Å². The van der Waals surface area contributed by atoms with Gasteiger partial charge >= 0.3 is 0 Å². The molecule has 2 bridgehead atoms. The summed E-state index contributed by atoms with van der Waals surface area (Å²) in [6, 6.07) is 5.20. The van der Waals surface area contributed by atoms with Crippen molar-refractivity contribution in [2.75, 3.05) is 0 Å². The summed E-state index contributed by atoms with van der Waals surface area (Å²) < 4.78 is 26.9. The molecule has 100 valence electrons. The van der Waals surface area contributed by atoms with Gasteiger partial charge in [-0.3, -0.25) is 0 Å². The number of phenolic OH excluding ortho intramolecular Hbond substituents is 1. The minimum Gasteiger partial charge on any atom is -0.508 e. The first-order chi connectivity index (χ1) is 8.56. The average molecular weight is 277 g/mol. The van der Waals surface area contributed by atoms with Crippen molar-refractivity contribution >= 4 is 10.0 Å². The quantitative estimate of drug-likeness (QED) is 0.889. The van der Waals surface area contributed by atoms with E-state index in [0.29, 0.717) is 0 Å². The summed E-state index contributed by atoms with van der Waals surface area (Å²) >= 11 is 0. The van der Waals surface area contributed by atoms with Crippen molar-refractivity contribution in [1.82, 2.24) is 4.72 Å². The Hall–Kier alpha value is -1.85. The van der Waals surface area contributed by atoms with Gasteiger partial charge in [-0.2, -0.15) is 4.72 Å². The van der Waals surface area contributed by atoms with Gasteiger partial charge < -0.3 is 5.11 Å². The van der Waals surface area contributed by atoms with E-state index in [1.54, 1.807) is 0 Å². The molecule has 1 aromatic rings. The van der Waals surface area contributed by atoms with Crippen LogP contribution in [0.25, 0.3) is 0 Å². The molecule has 0 radical (unpaired) electrons. The highest BCUT2D eigenvalue weighted by Crippen LogP contribution is 2.30. The van der Waals surface area contributed by atoms with E-state index in [0.717, 1.165) is 11.1 Å². The number of nitrogens with one attached hydrogen (secondary N) is 1. The highest BCUT2D eigenvalue weighted by atomic mass is 32.2. The molecule has 0 amide bonds. The summed E-state index contributed by atoms with van der Waals surface area (Å²) in [7, 11) is -3.57. The van der Waals surface area contributed by atoms with Crippen LogP contribution in [0.5, 0.6) is 5.75 Å². The van der Waals surface area contributed by atoms with E-state index < -0.39 is 10.0 Å². The number of sulfonamides is 1. The molecule has 1 aromatic carbocycles. The first kappa shape index (κ1) is 13.6. The van der Waals surface area contributed by atoms with Crippen LogP contribution >= 0.6 is 0 Å². The summed E-state index contributed by atoms with van der Waals surface area (Å²) in [6.45, 7) is 0. The van der Waals surface area contributed by atoms with Gasteiger partial charge in [0.25, 0.3) is 0 Å².